The van der Waals surface area contributed by atoms with Crippen LogP contribution >= 0.6 is 27.5 Å². The average molecular weight is 280 g/mol. The van der Waals surface area contributed by atoms with E-state index in [2.05, 4.69) is 15.9 Å². The Morgan fingerprint density at radius 3 is 2.71 bits per heavy atom. The maximum Gasteiger partial charge on any atom is 0.151 e. The van der Waals surface area contributed by atoms with Gasteiger partial charge in [0.05, 0.1) is 5.88 Å². The van der Waals surface area contributed by atoms with Gasteiger partial charge in [-0.25, -0.2) is 4.39 Å². The molecule has 0 aliphatic carbocycles. The molecule has 0 radical (unpaired) electrons. The Bertz CT molecular complexity index is 341. The Kier molecular flexibility index (Phi) is 4.55. The molecule has 14 heavy (non-hydrogen) atoms. The standard InChI is InChI=1S/C10H9BrClFO/c11-5-7-1-2-9(13)3-8(7)4-10(14)6-12/h1-3H,4-6H2. The molecule has 0 aromatic heterocycles. The van der Waals surface area contributed by atoms with E-state index < -0.39 is 0 Å². The number of Topliss-reactive ketones (excluding diaryl/α,β-unsaturated/α-hetero) is 1. The van der Waals surface area contributed by atoms with Crippen molar-refractivity contribution in [3.63, 3.8) is 0 Å². The lowest BCUT2D eigenvalue weighted by Crippen LogP contribution is -2.06. The van der Waals surface area contributed by atoms with Crippen LogP contribution in [0.15, 0.2) is 18.2 Å². The number of hydrogen-bond donors (Lipinski definition) is 0. The van der Waals surface area contributed by atoms with Crippen molar-refractivity contribution < 1.29 is 9.18 Å². The van der Waals surface area contributed by atoms with Crippen LogP contribution in [0.3, 0.4) is 0 Å². The lowest BCUT2D eigenvalue weighted by atomic mass is 10.0. The summed E-state index contributed by atoms with van der Waals surface area (Å²) < 4.78 is 12.9. The molecule has 76 valence electrons. The first-order valence-electron chi connectivity index (χ1n) is 4.08. The predicted octanol–water partition coefficient (Wildman–Crippen LogP) is 3.07. The summed E-state index contributed by atoms with van der Waals surface area (Å²) in [5, 5.41) is 0.609. The predicted molar refractivity (Wildman–Crippen MR) is 58.5 cm³/mol. The zero-order valence-corrected chi connectivity index (χ0v) is 9.74. The summed E-state index contributed by atoms with van der Waals surface area (Å²) in [7, 11) is 0. The molecule has 1 aromatic carbocycles. The summed E-state index contributed by atoms with van der Waals surface area (Å²) in [4.78, 5) is 11.1. The number of carbonyl (C=O) groups is 1. The van der Waals surface area contributed by atoms with Gasteiger partial charge in [-0.2, -0.15) is 0 Å². The molecule has 0 atom stereocenters. The first-order valence-corrected chi connectivity index (χ1v) is 5.74. The Hall–Kier alpha value is -0.410. The van der Waals surface area contributed by atoms with Crippen LogP contribution in [0.2, 0.25) is 0 Å². The highest BCUT2D eigenvalue weighted by atomic mass is 79.9. The van der Waals surface area contributed by atoms with Crippen LogP contribution in [-0.4, -0.2) is 11.7 Å². The fourth-order valence-corrected chi connectivity index (χ4v) is 1.79. The molecule has 1 rings (SSSR count). The van der Waals surface area contributed by atoms with Gasteiger partial charge in [0.2, 0.25) is 0 Å². The fourth-order valence-electron chi connectivity index (χ4n) is 1.15. The molecular formula is C10H9BrClFO. The van der Waals surface area contributed by atoms with Gasteiger partial charge in [0.25, 0.3) is 0 Å². The molecular weight excluding hydrogens is 270 g/mol. The number of hydrogen-bond acceptors (Lipinski definition) is 1. The minimum Gasteiger partial charge on any atom is -0.298 e. The third kappa shape index (κ3) is 3.07. The molecule has 0 aliphatic rings. The number of ketones is 1. The van der Waals surface area contributed by atoms with E-state index in [0.717, 1.165) is 5.56 Å². The molecule has 4 heteroatoms. The van der Waals surface area contributed by atoms with Crippen molar-refractivity contribution in [1.29, 1.82) is 0 Å². The lowest BCUT2D eigenvalue weighted by Gasteiger charge is -2.05. The van der Waals surface area contributed by atoms with Crippen LogP contribution in [0.5, 0.6) is 0 Å². The molecule has 0 saturated carbocycles. The number of carbonyl (C=O) groups excluding carboxylic acids is 1. The quantitative estimate of drug-likeness (QED) is 0.774. The van der Waals surface area contributed by atoms with Crippen LogP contribution in [0.1, 0.15) is 11.1 Å². The van der Waals surface area contributed by atoms with Crippen molar-refractivity contribution in [2.75, 3.05) is 5.88 Å². The second-order valence-electron chi connectivity index (χ2n) is 2.90. The number of alkyl halides is 2. The Labute approximate surface area is 95.4 Å². The number of halogens is 3. The molecule has 1 aromatic rings. The molecule has 0 bridgehead atoms. The summed E-state index contributed by atoms with van der Waals surface area (Å²) in [6.45, 7) is 0. The van der Waals surface area contributed by atoms with Crippen molar-refractivity contribution >= 4 is 33.3 Å². The minimum absolute atomic E-state index is 0.0295. The zero-order chi connectivity index (χ0) is 10.6. The van der Waals surface area contributed by atoms with Gasteiger partial charge in [-0.1, -0.05) is 22.0 Å². The normalized spacial score (nSPS) is 10.2. The van der Waals surface area contributed by atoms with Crippen molar-refractivity contribution in [1.82, 2.24) is 0 Å². The first-order chi connectivity index (χ1) is 6.67. The summed E-state index contributed by atoms with van der Waals surface area (Å²) in [6, 6.07) is 4.42. The molecule has 0 saturated heterocycles. The average Bonchev–Trinajstić information content (AvgIpc) is 2.18. The lowest BCUT2D eigenvalue weighted by molar-refractivity contribution is -0.116. The monoisotopic (exact) mass is 278 g/mol. The van der Waals surface area contributed by atoms with Crippen LogP contribution in [0.25, 0.3) is 0 Å². The third-order valence-corrected chi connectivity index (χ3v) is 2.75. The van der Waals surface area contributed by atoms with Gasteiger partial charge < -0.3 is 0 Å². The van der Waals surface area contributed by atoms with E-state index in [0.29, 0.717) is 10.9 Å². The highest BCUT2D eigenvalue weighted by molar-refractivity contribution is 9.08. The van der Waals surface area contributed by atoms with E-state index in [4.69, 9.17) is 11.6 Å². The Morgan fingerprint density at radius 1 is 1.43 bits per heavy atom. The summed E-state index contributed by atoms with van der Waals surface area (Å²) in [5.74, 6) is -0.454. The summed E-state index contributed by atoms with van der Waals surface area (Å²) >= 11 is 8.66. The highest BCUT2D eigenvalue weighted by Crippen LogP contribution is 2.15. The van der Waals surface area contributed by atoms with Crippen molar-refractivity contribution in [2.45, 2.75) is 11.8 Å². The van der Waals surface area contributed by atoms with Crippen LogP contribution in [-0.2, 0) is 16.5 Å². The van der Waals surface area contributed by atoms with E-state index in [9.17, 15) is 9.18 Å². The molecule has 0 N–H and O–H groups in total. The molecule has 0 unspecified atom stereocenters. The highest BCUT2D eigenvalue weighted by Gasteiger charge is 2.07. The van der Waals surface area contributed by atoms with Crippen molar-refractivity contribution in [3.05, 3.63) is 35.1 Å². The van der Waals surface area contributed by atoms with Crippen LogP contribution in [0.4, 0.5) is 4.39 Å². The number of benzene rings is 1. The van der Waals surface area contributed by atoms with Crippen LogP contribution < -0.4 is 0 Å². The van der Waals surface area contributed by atoms with Gasteiger partial charge in [-0.15, -0.1) is 11.6 Å². The maximum absolute atomic E-state index is 12.9. The van der Waals surface area contributed by atoms with Gasteiger partial charge >= 0.3 is 0 Å². The molecule has 0 spiro atoms. The molecule has 0 heterocycles. The van der Waals surface area contributed by atoms with Crippen molar-refractivity contribution in [2.24, 2.45) is 0 Å². The van der Waals surface area contributed by atoms with Gasteiger partial charge in [0.15, 0.2) is 5.78 Å². The van der Waals surface area contributed by atoms with Gasteiger partial charge in [-0.05, 0) is 23.3 Å². The van der Waals surface area contributed by atoms with E-state index >= 15 is 0 Å². The van der Waals surface area contributed by atoms with E-state index in [1.54, 1.807) is 6.07 Å². The second-order valence-corrected chi connectivity index (χ2v) is 3.72. The fraction of sp³-hybridized carbons (Fsp3) is 0.300. The summed E-state index contributed by atoms with van der Waals surface area (Å²) in [5.41, 5.74) is 1.62. The van der Waals surface area contributed by atoms with E-state index in [-0.39, 0.29) is 23.9 Å². The van der Waals surface area contributed by atoms with Gasteiger partial charge in [0.1, 0.15) is 5.82 Å². The topological polar surface area (TPSA) is 17.1 Å². The second kappa shape index (κ2) is 5.47. The molecule has 0 aliphatic heterocycles. The molecule has 1 nitrogen and oxygen atoms in total. The largest absolute Gasteiger partial charge is 0.298 e. The maximum atomic E-state index is 12.9. The van der Waals surface area contributed by atoms with E-state index in [1.807, 2.05) is 0 Å². The third-order valence-electron chi connectivity index (χ3n) is 1.85. The zero-order valence-electron chi connectivity index (χ0n) is 7.40. The Balaban J connectivity index is 2.93. The Morgan fingerprint density at radius 2 is 2.14 bits per heavy atom. The number of rotatable bonds is 4. The molecule has 0 amide bonds. The molecule has 0 fully saturated rings. The summed E-state index contributed by atoms with van der Waals surface area (Å²) in [6.07, 6.45) is 0.197. The smallest absolute Gasteiger partial charge is 0.151 e. The van der Waals surface area contributed by atoms with Crippen molar-refractivity contribution in [3.8, 4) is 0 Å². The van der Waals surface area contributed by atoms with E-state index in [1.165, 1.54) is 12.1 Å². The minimum atomic E-state index is -0.327. The van der Waals surface area contributed by atoms with Gasteiger partial charge in [-0.3, -0.25) is 4.79 Å². The van der Waals surface area contributed by atoms with Gasteiger partial charge in [0, 0.05) is 11.8 Å². The SMILES string of the molecule is O=C(CCl)Cc1cc(F)ccc1CBr. The van der Waals surface area contributed by atoms with Crippen LogP contribution in [0, 0.1) is 5.82 Å². The first kappa shape index (κ1) is 11.7.